The lowest BCUT2D eigenvalue weighted by molar-refractivity contribution is -0.122. The minimum atomic E-state index is -0.184. The second kappa shape index (κ2) is 8.19. The van der Waals surface area contributed by atoms with E-state index in [0.717, 1.165) is 31.2 Å². The summed E-state index contributed by atoms with van der Waals surface area (Å²) in [5.74, 6) is 0.762. The van der Waals surface area contributed by atoms with Crippen LogP contribution in [0.15, 0.2) is 18.2 Å². The van der Waals surface area contributed by atoms with E-state index >= 15 is 0 Å². The molecule has 2 fully saturated rings. The first-order chi connectivity index (χ1) is 11.5. The highest BCUT2D eigenvalue weighted by Gasteiger charge is 2.40. The minimum Gasteiger partial charge on any atom is -0.355 e. The van der Waals surface area contributed by atoms with E-state index in [1.807, 2.05) is 19.1 Å². The SMILES string of the molecule is CNC(=O)c1cc(C)ccc1NC(=O)C1CC2CCCC(C1)C2N.Cl. The molecule has 2 unspecified atom stereocenters. The summed E-state index contributed by atoms with van der Waals surface area (Å²) in [5, 5.41) is 5.62. The highest BCUT2D eigenvalue weighted by Crippen LogP contribution is 2.42. The third kappa shape index (κ3) is 4.15. The van der Waals surface area contributed by atoms with Gasteiger partial charge in [0.15, 0.2) is 0 Å². The van der Waals surface area contributed by atoms with Gasteiger partial charge in [0.2, 0.25) is 5.91 Å². The molecule has 138 valence electrons. The molecule has 2 bridgehead atoms. The van der Waals surface area contributed by atoms with Gasteiger partial charge in [-0.15, -0.1) is 12.4 Å². The highest BCUT2D eigenvalue weighted by atomic mass is 35.5. The number of halogens is 1. The number of aryl methyl sites for hydroxylation is 1. The number of nitrogens with two attached hydrogens (primary N) is 1. The number of rotatable bonds is 3. The van der Waals surface area contributed by atoms with Crippen molar-refractivity contribution in [3.05, 3.63) is 29.3 Å². The fourth-order valence-electron chi connectivity index (χ4n) is 4.33. The molecular formula is C19H28ClN3O2. The fourth-order valence-corrected chi connectivity index (χ4v) is 4.33. The smallest absolute Gasteiger partial charge is 0.253 e. The van der Waals surface area contributed by atoms with Crippen LogP contribution in [0.2, 0.25) is 0 Å². The molecule has 2 amide bonds. The zero-order chi connectivity index (χ0) is 17.3. The van der Waals surface area contributed by atoms with Gasteiger partial charge in [0.25, 0.3) is 5.91 Å². The van der Waals surface area contributed by atoms with Crippen molar-refractivity contribution < 1.29 is 9.59 Å². The Kier molecular flexibility index (Phi) is 6.47. The van der Waals surface area contributed by atoms with E-state index in [2.05, 4.69) is 10.6 Å². The van der Waals surface area contributed by atoms with Crippen LogP contribution < -0.4 is 16.4 Å². The predicted molar refractivity (Wildman–Crippen MR) is 102 cm³/mol. The monoisotopic (exact) mass is 365 g/mol. The lowest BCUT2D eigenvalue weighted by Gasteiger charge is -2.43. The summed E-state index contributed by atoms with van der Waals surface area (Å²) >= 11 is 0. The summed E-state index contributed by atoms with van der Waals surface area (Å²) in [5.41, 5.74) is 8.40. The van der Waals surface area contributed by atoms with E-state index < -0.39 is 0 Å². The Hall–Kier alpha value is -1.59. The van der Waals surface area contributed by atoms with Crippen LogP contribution in [0.25, 0.3) is 0 Å². The minimum absolute atomic E-state index is 0. The van der Waals surface area contributed by atoms with Crippen molar-refractivity contribution in [2.45, 2.75) is 45.1 Å². The second-order valence-electron chi connectivity index (χ2n) is 7.31. The first kappa shape index (κ1) is 19.7. The average molecular weight is 366 g/mol. The molecule has 1 aromatic carbocycles. The molecule has 0 aliphatic heterocycles. The summed E-state index contributed by atoms with van der Waals surface area (Å²) in [6, 6.07) is 5.78. The topological polar surface area (TPSA) is 84.2 Å². The van der Waals surface area contributed by atoms with Crippen molar-refractivity contribution >= 4 is 29.9 Å². The molecule has 3 rings (SSSR count). The number of anilines is 1. The molecule has 1 aromatic rings. The Morgan fingerprint density at radius 1 is 1.16 bits per heavy atom. The number of fused-ring (bicyclic) bond motifs is 2. The number of carbonyl (C=O) groups is 2. The standard InChI is InChI=1S/C19H27N3O2.ClH/c1-11-6-7-16(15(8-11)19(24)21-2)22-18(23)14-9-12-4-3-5-13(10-14)17(12)20;/h6-8,12-14,17H,3-5,9-10,20H2,1-2H3,(H,21,24)(H,22,23);1H. The summed E-state index contributed by atoms with van der Waals surface area (Å²) in [7, 11) is 1.60. The molecule has 2 aliphatic carbocycles. The number of nitrogens with one attached hydrogen (secondary N) is 2. The van der Waals surface area contributed by atoms with Crippen LogP contribution in [0, 0.1) is 24.7 Å². The third-order valence-electron chi connectivity index (χ3n) is 5.69. The third-order valence-corrected chi connectivity index (χ3v) is 5.69. The molecule has 2 aliphatic rings. The van der Waals surface area contributed by atoms with E-state index in [9.17, 15) is 9.59 Å². The van der Waals surface area contributed by atoms with Gasteiger partial charge >= 0.3 is 0 Å². The molecule has 0 saturated heterocycles. The van der Waals surface area contributed by atoms with E-state index in [4.69, 9.17) is 5.73 Å². The lowest BCUT2D eigenvalue weighted by atomic mass is 9.65. The van der Waals surface area contributed by atoms with Gasteiger partial charge < -0.3 is 16.4 Å². The van der Waals surface area contributed by atoms with Crippen molar-refractivity contribution in [3.8, 4) is 0 Å². The summed E-state index contributed by atoms with van der Waals surface area (Å²) in [6.07, 6.45) is 5.23. The number of hydrogen-bond donors (Lipinski definition) is 3. The quantitative estimate of drug-likeness (QED) is 0.770. The van der Waals surface area contributed by atoms with Crippen LogP contribution in [-0.2, 0) is 4.79 Å². The van der Waals surface area contributed by atoms with E-state index in [0.29, 0.717) is 23.1 Å². The van der Waals surface area contributed by atoms with Gasteiger partial charge in [-0.3, -0.25) is 9.59 Å². The molecule has 4 N–H and O–H groups in total. The largest absolute Gasteiger partial charge is 0.355 e. The summed E-state index contributed by atoms with van der Waals surface area (Å²) < 4.78 is 0. The maximum Gasteiger partial charge on any atom is 0.253 e. The first-order valence-corrected chi connectivity index (χ1v) is 8.88. The highest BCUT2D eigenvalue weighted by molar-refractivity contribution is 6.04. The Labute approximate surface area is 155 Å². The van der Waals surface area contributed by atoms with Crippen LogP contribution in [-0.4, -0.2) is 24.9 Å². The van der Waals surface area contributed by atoms with Gasteiger partial charge in [0.05, 0.1) is 11.3 Å². The molecule has 0 aromatic heterocycles. The maximum atomic E-state index is 12.8. The normalized spacial score (nSPS) is 27.8. The summed E-state index contributed by atoms with van der Waals surface area (Å²) in [6.45, 7) is 1.93. The summed E-state index contributed by atoms with van der Waals surface area (Å²) in [4.78, 5) is 24.8. The zero-order valence-corrected chi connectivity index (χ0v) is 15.7. The van der Waals surface area contributed by atoms with Crippen molar-refractivity contribution in [2.24, 2.45) is 23.5 Å². The lowest BCUT2D eigenvalue weighted by Crippen LogP contribution is -2.48. The first-order valence-electron chi connectivity index (χ1n) is 8.88. The van der Waals surface area contributed by atoms with Gasteiger partial charge in [-0.25, -0.2) is 0 Å². The van der Waals surface area contributed by atoms with Gasteiger partial charge in [-0.2, -0.15) is 0 Å². The molecular weight excluding hydrogens is 338 g/mol. The Morgan fingerprint density at radius 3 is 2.40 bits per heavy atom. The van der Waals surface area contributed by atoms with Gasteiger partial charge in [0.1, 0.15) is 0 Å². The number of hydrogen-bond acceptors (Lipinski definition) is 3. The molecule has 2 saturated carbocycles. The van der Waals surface area contributed by atoms with Crippen LogP contribution in [0.3, 0.4) is 0 Å². The van der Waals surface area contributed by atoms with Crippen molar-refractivity contribution in [2.75, 3.05) is 12.4 Å². The average Bonchev–Trinajstić information content (AvgIpc) is 2.55. The van der Waals surface area contributed by atoms with Crippen LogP contribution >= 0.6 is 12.4 Å². The molecule has 0 spiro atoms. The fraction of sp³-hybridized carbons (Fsp3) is 0.579. The predicted octanol–water partition coefficient (Wildman–Crippen LogP) is 2.87. The van der Waals surface area contributed by atoms with Gasteiger partial charge in [-0.05, 0) is 56.6 Å². The van der Waals surface area contributed by atoms with E-state index in [1.165, 1.54) is 6.42 Å². The van der Waals surface area contributed by atoms with E-state index in [-0.39, 0.29) is 36.2 Å². The number of amides is 2. The number of carbonyl (C=O) groups excluding carboxylic acids is 2. The van der Waals surface area contributed by atoms with Gasteiger partial charge in [-0.1, -0.05) is 18.1 Å². The Bertz CT molecular complexity index is 636. The molecule has 0 heterocycles. The van der Waals surface area contributed by atoms with Crippen LogP contribution in [0.1, 0.15) is 48.0 Å². The molecule has 5 nitrogen and oxygen atoms in total. The Balaban J connectivity index is 0.00000225. The Morgan fingerprint density at radius 2 is 1.80 bits per heavy atom. The van der Waals surface area contributed by atoms with Crippen molar-refractivity contribution in [1.29, 1.82) is 0 Å². The molecule has 6 heteroatoms. The van der Waals surface area contributed by atoms with E-state index in [1.54, 1.807) is 13.1 Å². The second-order valence-corrected chi connectivity index (χ2v) is 7.31. The van der Waals surface area contributed by atoms with Crippen molar-refractivity contribution in [1.82, 2.24) is 5.32 Å². The van der Waals surface area contributed by atoms with Crippen LogP contribution in [0.5, 0.6) is 0 Å². The molecule has 25 heavy (non-hydrogen) atoms. The van der Waals surface area contributed by atoms with Crippen molar-refractivity contribution in [3.63, 3.8) is 0 Å². The maximum absolute atomic E-state index is 12.8. The zero-order valence-electron chi connectivity index (χ0n) is 14.9. The van der Waals surface area contributed by atoms with Gasteiger partial charge in [0, 0.05) is 19.0 Å². The molecule has 2 atom stereocenters. The van der Waals surface area contributed by atoms with Crippen LogP contribution in [0.4, 0.5) is 5.69 Å². The molecule has 0 radical (unpaired) electrons. The number of benzene rings is 1.